The summed E-state index contributed by atoms with van der Waals surface area (Å²) < 4.78 is 22.1. The fourth-order valence-corrected chi connectivity index (χ4v) is 5.65. The average molecular weight is 478 g/mol. The van der Waals surface area contributed by atoms with Crippen LogP contribution in [0.5, 0.6) is 0 Å². The number of hydrogen-bond donors (Lipinski definition) is 1. The molecule has 8 heteroatoms. The lowest BCUT2D eigenvalue weighted by Crippen LogP contribution is -2.53. The minimum absolute atomic E-state index is 0.0277. The Morgan fingerprint density at radius 1 is 1.25 bits per heavy atom. The first-order valence-corrected chi connectivity index (χ1v) is 12.3. The molecule has 0 radical (unpaired) electrons. The zero-order valence-corrected chi connectivity index (χ0v) is 19.7. The van der Waals surface area contributed by atoms with E-state index in [2.05, 4.69) is 9.62 Å². The van der Waals surface area contributed by atoms with E-state index in [0.717, 1.165) is 42.8 Å². The Hall–Kier alpha value is -1.80. The zero-order valence-electron chi connectivity index (χ0n) is 18.2. The van der Waals surface area contributed by atoms with Gasteiger partial charge < -0.3 is 15.0 Å². The van der Waals surface area contributed by atoms with Crippen molar-refractivity contribution in [3.05, 3.63) is 64.9 Å². The van der Waals surface area contributed by atoms with Crippen LogP contribution in [0.4, 0.5) is 9.18 Å². The molecule has 2 saturated heterocycles. The maximum Gasteiger partial charge on any atom is 0.410 e. The number of piperazine rings is 1. The van der Waals surface area contributed by atoms with E-state index in [4.69, 9.17) is 16.3 Å². The number of ether oxygens (including phenoxy) is 1. The van der Waals surface area contributed by atoms with Crippen molar-refractivity contribution in [1.82, 2.24) is 14.5 Å². The molecule has 1 amide bonds. The summed E-state index contributed by atoms with van der Waals surface area (Å²) in [5.41, 5.74) is 0.943. The molecule has 2 heterocycles. The van der Waals surface area contributed by atoms with Gasteiger partial charge in [-0.05, 0) is 80.1 Å². The van der Waals surface area contributed by atoms with Crippen molar-refractivity contribution in [2.45, 2.75) is 49.2 Å². The number of carbonyl (C=O) groups excluding carboxylic acids is 1. The first-order valence-electron chi connectivity index (χ1n) is 11.1. The average Bonchev–Trinajstić information content (AvgIpc) is 2.80. The summed E-state index contributed by atoms with van der Waals surface area (Å²) in [7, 11) is 0. The molecular weight excluding hydrogens is 449 g/mol. The van der Waals surface area contributed by atoms with E-state index in [1.807, 2.05) is 37.3 Å². The van der Waals surface area contributed by atoms with Gasteiger partial charge in [-0.3, -0.25) is 0 Å². The molecule has 2 aromatic carbocycles. The van der Waals surface area contributed by atoms with Crippen LogP contribution in [0.15, 0.2) is 53.4 Å². The normalized spacial score (nSPS) is 24.3. The molecule has 2 aliphatic rings. The second-order valence-corrected chi connectivity index (χ2v) is 9.90. The zero-order chi connectivity index (χ0) is 22.5. The van der Waals surface area contributed by atoms with Gasteiger partial charge in [0.2, 0.25) is 0 Å². The molecule has 0 bridgehead atoms. The van der Waals surface area contributed by atoms with Gasteiger partial charge in [-0.1, -0.05) is 23.7 Å². The number of hydrogen-bond acceptors (Lipinski definition) is 5. The van der Waals surface area contributed by atoms with E-state index in [1.54, 1.807) is 29.0 Å². The van der Waals surface area contributed by atoms with Crippen LogP contribution in [0.25, 0.3) is 0 Å². The third kappa shape index (κ3) is 5.76. The summed E-state index contributed by atoms with van der Waals surface area (Å²) in [4.78, 5) is 15.6. The van der Waals surface area contributed by atoms with Crippen molar-refractivity contribution in [2.24, 2.45) is 0 Å². The summed E-state index contributed by atoms with van der Waals surface area (Å²) in [5.74, 6) is -0.236. The molecule has 1 N–H and O–H groups in total. The van der Waals surface area contributed by atoms with Gasteiger partial charge in [0.1, 0.15) is 12.4 Å². The van der Waals surface area contributed by atoms with Crippen LogP contribution in [0.1, 0.15) is 37.8 Å². The third-order valence-electron chi connectivity index (χ3n) is 6.07. The molecule has 2 aromatic rings. The highest BCUT2D eigenvalue weighted by Gasteiger charge is 2.34. The number of amides is 1. The molecule has 3 unspecified atom stereocenters. The van der Waals surface area contributed by atoms with E-state index in [-0.39, 0.29) is 30.0 Å². The van der Waals surface area contributed by atoms with Gasteiger partial charge in [-0.15, -0.1) is 0 Å². The summed E-state index contributed by atoms with van der Waals surface area (Å²) in [6.45, 7) is 4.54. The summed E-state index contributed by atoms with van der Waals surface area (Å²) >= 11 is 7.68. The first-order chi connectivity index (χ1) is 15.5. The molecule has 5 nitrogen and oxygen atoms in total. The molecule has 0 spiro atoms. The maximum absolute atomic E-state index is 14.0. The number of nitrogens with zero attached hydrogens (tertiary/aromatic N) is 2. The van der Waals surface area contributed by atoms with E-state index in [0.29, 0.717) is 18.2 Å². The number of rotatable bonds is 5. The molecular formula is C24H29ClFN3O2S. The quantitative estimate of drug-likeness (QED) is 0.575. The maximum atomic E-state index is 14.0. The Bertz CT molecular complexity index is 916. The van der Waals surface area contributed by atoms with Crippen LogP contribution in [0, 0.1) is 5.82 Å². The number of benzene rings is 2. The van der Waals surface area contributed by atoms with Crippen molar-refractivity contribution in [1.29, 1.82) is 0 Å². The number of carbonyl (C=O) groups is 1. The summed E-state index contributed by atoms with van der Waals surface area (Å²) in [6, 6.07) is 14.7. The van der Waals surface area contributed by atoms with Gasteiger partial charge in [0, 0.05) is 41.6 Å². The standard InChI is InChI=1S/C24H29ClFN3O2S/c1-17-15-27-12-13-28(17)24(30)31-16-21-6-3-7-23(18-4-2-5-20(26)14-18)29(21)32-22-10-8-19(25)9-11-22/h2,4-5,8-11,14,17,21,23,27H,3,6-7,12-13,15-16H2,1H3. The predicted molar refractivity (Wildman–Crippen MR) is 126 cm³/mol. The lowest BCUT2D eigenvalue weighted by atomic mass is 9.93. The van der Waals surface area contributed by atoms with E-state index in [9.17, 15) is 9.18 Å². The lowest BCUT2D eigenvalue weighted by molar-refractivity contribution is 0.0529. The van der Waals surface area contributed by atoms with Gasteiger partial charge in [-0.25, -0.2) is 13.5 Å². The Morgan fingerprint density at radius 3 is 2.81 bits per heavy atom. The Morgan fingerprint density at radius 2 is 2.06 bits per heavy atom. The minimum Gasteiger partial charge on any atom is -0.448 e. The number of piperidine rings is 1. The molecule has 2 aliphatic heterocycles. The van der Waals surface area contributed by atoms with Crippen LogP contribution in [-0.2, 0) is 4.74 Å². The lowest BCUT2D eigenvalue weighted by Gasteiger charge is -2.41. The predicted octanol–water partition coefficient (Wildman–Crippen LogP) is 5.51. The smallest absolute Gasteiger partial charge is 0.410 e. The Balaban J connectivity index is 1.51. The van der Waals surface area contributed by atoms with Crippen molar-refractivity contribution in [2.75, 3.05) is 26.2 Å². The summed E-state index contributed by atoms with van der Waals surface area (Å²) in [5, 5.41) is 3.98. The Kier molecular flexibility index (Phi) is 7.94. The van der Waals surface area contributed by atoms with Crippen molar-refractivity contribution >= 4 is 29.6 Å². The SMILES string of the molecule is CC1CNCCN1C(=O)OCC1CCCC(c2cccc(F)c2)N1Sc1ccc(Cl)cc1. The molecule has 0 aromatic heterocycles. The van der Waals surface area contributed by atoms with Gasteiger partial charge in [0.05, 0.1) is 6.04 Å². The van der Waals surface area contributed by atoms with Crippen LogP contribution in [-0.4, -0.2) is 53.6 Å². The molecule has 4 rings (SSSR count). The highest BCUT2D eigenvalue weighted by molar-refractivity contribution is 7.97. The van der Waals surface area contributed by atoms with Crippen LogP contribution >= 0.6 is 23.5 Å². The molecule has 3 atom stereocenters. The second kappa shape index (κ2) is 10.9. The minimum atomic E-state index is -0.261. The second-order valence-electron chi connectivity index (χ2n) is 8.38. The molecule has 0 aliphatic carbocycles. The van der Waals surface area contributed by atoms with Crippen LogP contribution in [0.2, 0.25) is 5.02 Å². The van der Waals surface area contributed by atoms with Gasteiger partial charge >= 0.3 is 6.09 Å². The van der Waals surface area contributed by atoms with Crippen molar-refractivity contribution in [3.63, 3.8) is 0 Å². The summed E-state index contributed by atoms with van der Waals surface area (Å²) in [6.07, 6.45) is 2.56. The Labute approximate surface area is 198 Å². The number of nitrogens with one attached hydrogen (secondary N) is 1. The largest absolute Gasteiger partial charge is 0.448 e. The van der Waals surface area contributed by atoms with Gasteiger partial charge in [-0.2, -0.15) is 0 Å². The van der Waals surface area contributed by atoms with Crippen molar-refractivity contribution < 1.29 is 13.9 Å². The van der Waals surface area contributed by atoms with Crippen LogP contribution in [0.3, 0.4) is 0 Å². The third-order valence-corrected chi connectivity index (χ3v) is 7.57. The first kappa shape index (κ1) is 23.4. The monoisotopic (exact) mass is 477 g/mol. The highest BCUT2D eigenvalue weighted by atomic mass is 35.5. The molecule has 0 saturated carbocycles. The van der Waals surface area contributed by atoms with E-state index < -0.39 is 0 Å². The molecule has 32 heavy (non-hydrogen) atoms. The van der Waals surface area contributed by atoms with E-state index >= 15 is 0 Å². The highest BCUT2D eigenvalue weighted by Crippen LogP contribution is 2.42. The van der Waals surface area contributed by atoms with Crippen molar-refractivity contribution in [3.8, 4) is 0 Å². The number of halogens is 2. The van der Waals surface area contributed by atoms with Crippen LogP contribution < -0.4 is 5.32 Å². The molecule has 172 valence electrons. The molecule has 2 fully saturated rings. The van der Waals surface area contributed by atoms with Gasteiger partial charge in [0.25, 0.3) is 0 Å². The topological polar surface area (TPSA) is 44.8 Å². The van der Waals surface area contributed by atoms with E-state index in [1.165, 1.54) is 6.07 Å². The fourth-order valence-electron chi connectivity index (χ4n) is 4.36. The van der Waals surface area contributed by atoms with Gasteiger partial charge in [0.15, 0.2) is 0 Å². The fraction of sp³-hybridized carbons (Fsp3) is 0.458.